The van der Waals surface area contributed by atoms with Gasteiger partial charge < -0.3 is 15.2 Å². The van der Waals surface area contributed by atoms with Crippen LogP contribution in [-0.2, 0) is 0 Å². The summed E-state index contributed by atoms with van der Waals surface area (Å²) in [6.07, 6.45) is 2.47. The SMILES string of the molecule is CNc1nc(N2CCCC2)nc2[nH]c(C)cc12. The lowest BCUT2D eigenvalue weighted by Crippen LogP contribution is -2.20. The zero-order valence-electron chi connectivity index (χ0n) is 10.2. The van der Waals surface area contributed by atoms with Gasteiger partial charge in [0.05, 0.1) is 5.39 Å². The Morgan fingerprint density at radius 2 is 2.06 bits per heavy atom. The van der Waals surface area contributed by atoms with Crippen LogP contribution >= 0.6 is 0 Å². The molecule has 1 saturated heterocycles. The summed E-state index contributed by atoms with van der Waals surface area (Å²) in [5, 5.41) is 4.21. The van der Waals surface area contributed by atoms with Gasteiger partial charge in [0.1, 0.15) is 11.5 Å². The first-order valence-electron chi connectivity index (χ1n) is 6.08. The molecule has 1 aliphatic heterocycles. The molecule has 2 aromatic heterocycles. The lowest BCUT2D eigenvalue weighted by Gasteiger charge is -2.15. The van der Waals surface area contributed by atoms with Crippen molar-refractivity contribution in [2.45, 2.75) is 19.8 Å². The van der Waals surface area contributed by atoms with E-state index < -0.39 is 0 Å². The van der Waals surface area contributed by atoms with E-state index in [2.05, 4.69) is 31.2 Å². The largest absolute Gasteiger partial charge is 0.372 e. The number of hydrogen-bond donors (Lipinski definition) is 2. The molecule has 0 unspecified atom stereocenters. The fourth-order valence-electron chi connectivity index (χ4n) is 2.38. The Balaban J connectivity index is 2.13. The molecule has 90 valence electrons. The summed E-state index contributed by atoms with van der Waals surface area (Å²) < 4.78 is 0. The maximum Gasteiger partial charge on any atom is 0.229 e. The van der Waals surface area contributed by atoms with Crippen LogP contribution in [0.5, 0.6) is 0 Å². The fraction of sp³-hybridized carbons (Fsp3) is 0.500. The van der Waals surface area contributed by atoms with E-state index in [0.717, 1.165) is 41.6 Å². The average molecular weight is 231 g/mol. The molecule has 5 nitrogen and oxygen atoms in total. The zero-order valence-corrected chi connectivity index (χ0v) is 10.2. The summed E-state index contributed by atoms with van der Waals surface area (Å²) in [5.41, 5.74) is 2.04. The summed E-state index contributed by atoms with van der Waals surface area (Å²) in [6, 6.07) is 2.08. The Kier molecular flexibility index (Phi) is 2.39. The molecule has 0 radical (unpaired) electrons. The van der Waals surface area contributed by atoms with Crippen molar-refractivity contribution in [3.63, 3.8) is 0 Å². The molecule has 0 bridgehead atoms. The van der Waals surface area contributed by atoms with E-state index in [1.807, 2.05) is 14.0 Å². The quantitative estimate of drug-likeness (QED) is 0.829. The van der Waals surface area contributed by atoms with Crippen LogP contribution in [-0.4, -0.2) is 35.1 Å². The molecule has 3 rings (SSSR count). The van der Waals surface area contributed by atoms with Gasteiger partial charge in [-0.25, -0.2) is 0 Å². The van der Waals surface area contributed by atoms with E-state index in [0.29, 0.717) is 0 Å². The Morgan fingerprint density at radius 3 is 2.76 bits per heavy atom. The molecule has 0 saturated carbocycles. The molecule has 0 aliphatic carbocycles. The molecular formula is C12H17N5. The predicted molar refractivity (Wildman–Crippen MR) is 69.6 cm³/mol. The maximum atomic E-state index is 4.61. The topological polar surface area (TPSA) is 56.8 Å². The van der Waals surface area contributed by atoms with E-state index in [4.69, 9.17) is 0 Å². The number of aromatic amines is 1. The van der Waals surface area contributed by atoms with Gasteiger partial charge in [-0.15, -0.1) is 0 Å². The number of rotatable bonds is 2. The monoisotopic (exact) mass is 231 g/mol. The average Bonchev–Trinajstić information content (AvgIpc) is 2.94. The smallest absolute Gasteiger partial charge is 0.229 e. The number of hydrogen-bond acceptors (Lipinski definition) is 4. The highest BCUT2D eigenvalue weighted by Crippen LogP contribution is 2.25. The number of aromatic nitrogens is 3. The Hall–Kier alpha value is -1.78. The van der Waals surface area contributed by atoms with Gasteiger partial charge in [0, 0.05) is 25.8 Å². The normalized spacial score (nSPS) is 15.8. The Labute approximate surface area is 100 Å². The van der Waals surface area contributed by atoms with Gasteiger partial charge in [0.2, 0.25) is 5.95 Å². The van der Waals surface area contributed by atoms with Crippen LogP contribution in [0.25, 0.3) is 11.0 Å². The molecule has 2 aromatic rings. The molecule has 1 aliphatic rings. The van der Waals surface area contributed by atoms with Crippen LogP contribution in [0.3, 0.4) is 0 Å². The van der Waals surface area contributed by atoms with Gasteiger partial charge in [-0.05, 0) is 25.8 Å². The van der Waals surface area contributed by atoms with Crippen molar-refractivity contribution in [3.8, 4) is 0 Å². The molecular weight excluding hydrogens is 214 g/mol. The van der Waals surface area contributed by atoms with Crippen LogP contribution in [0.4, 0.5) is 11.8 Å². The van der Waals surface area contributed by atoms with E-state index in [1.54, 1.807) is 0 Å². The number of nitrogens with zero attached hydrogens (tertiary/aromatic N) is 3. The first kappa shape index (κ1) is 10.4. The van der Waals surface area contributed by atoms with Crippen LogP contribution < -0.4 is 10.2 Å². The number of fused-ring (bicyclic) bond motifs is 1. The molecule has 17 heavy (non-hydrogen) atoms. The minimum atomic E-state index is 0.834. The van der Waals surface area contributed by atoms with Crippen molar-refractivity contribution in [3.05, 3.63) is 11.8 Å². The van der Waals surface area contributed by atoms with Crippen LogP contribution in [0, 0.1) is 6.92 Å². The second kappa shape index (κ2) is 3.91. The number of H-pyrrole nitrogens is 1. The third kappa shape index (κ3) is 1.71. The third-order valence-electron chi connectivity index (χ3n) is 3.24. The summed E-state index contributed by atoms with van der Waals surface area (Å²) in [5.74, 6) is 1.74. The Morgan fingerprint density at radius 1 is 1.29 bits per heavy atom. The summed E-state index contributed by atoms with van der Waals surface area (Å²) >= 11 is 0. The van der Waals surface area contributed by atoms with Crippen molar-refractivity contribution in [2.24, 2.45) is 0 Å². The van der Waals surface area contributed by atoms with E-state index in [-0.39, 0.29) is 0 Å². The number of aryl methyl sites for hydroxylation is 1. The molecule has 1 fully saturated rings. The van der Waals surface area contributed by atoms with Crippen LogP contribution in [0.2, 0.25) is 0 Å². The first-order chi connectivity index (χ1) is 8.28. The van der Waals surface area contributed by atoms with E-state index in [9.17, 15) is 0 Å². The second-order valence-electron chi connectivity index (χ2n) is 4.53. The number of nitrogens with one attached hydrogen (secondary N) is 2. The molecule has 0 aromatic carbocycles. The molecule has 0 amide bonds. The van der Waals surface area contributed by atoms with E-state index >= 15 is 0 Å². The predicted octanol–water partition coefficient (Wildman–Crippen LogP) is 1.91. The molecule has 2 N–H and O–H groups in total. The van der Waals surface area contributed by atoms with Crippen molar-refractivity contribution >= 4 is 22.8 Å². The molecule has 0 atom stereocenters. The van der Waals surface area contributed by atoms with Crippen molar-refractivity contribution in [1.82, 2.24) is 15.0 Å². The van der Waals surface area contributed by atoms with Crippen LogP contribution in [0.15, 0.2) is 6.07 Å². The lowest BCUT2D eigenvalue weighted by atomic mass is 10.3. The van der Waals surface area contributed by atoms with Gasteiger partial charge >= 0.3 is 0 Å². The summed E-state index contributed by atoms with van der Waals surface area (Å²) in [7, 11) is 1.90. The fourth-order valence-corrected chi connectivity index (χ4v) is 2.38. The Bertz CT molecular complexity index is 539. The highest BCUT2D eigenvalue weighted by Gasteiger charge is 2.17. The zero-order chi connectivity index (χ0) is 11.8. The summed E-state index contributed by atoms with van der Waals surface area (Å²) in [6.45, 7) is 4.17. The summed E-state index contributed by atoms with van der Waals surface area (Å²) in [4.78, 5) is 14.7. The van der Waals surface area contributed by atoms with Crippen molar-refractivity contribution in [1.29, 1.82) is 0 Å². The van der Waals surface area contributed by atoms with Crippen molar-refractivity contribution < 1.29 is 0 Å². The third-order valence-corrected chi connectivity index (χ3v) is 3.24. The maximum absolute atomic E-state index is 4.61. The molecule has 5 heteroatoms. The van der Waals surface area contributed by atoms with E-state index in [1.165, 1.54) is 12.8 Å². The van der Waals surface area contributed by atoms with Crippen LogP contribution in [0.1, 0.15) is 18.5 Å². The van der Waals surface area contributed by atoms with Gasteiger partial charge in [0.15, 0.2) is 0 Å². The molecule has 3 heterocycles. The minimum Gasteiger partial charge on any atom is -0.372 e. The second-order valence-corrected chi connectivity index (χ2v) is 4.53. The number of anilines is 2. The lowest BCUT2D eigenvalue weighted by molar-refractivity contribution is 0.906. The van der Waals surface area contributed by atoms with Gasteiger partial charge in [-0.2, -0.15) is 9.97 Å². The highest BCUT2D eigenvalue weighted by atomic mass is 15.3. The first-order valence-corrected chi connectivity index (χ1v) is 6.08. The van der Waals surface area contributed by atoms with Gasteiger partial charge in [0.25, 0.3) is 0 Å². The minimum absolute atomic E-state index is 0.834. The highest BCUT2D eigenvalue weighted by molar-refractivity contribution is 5.88. The van der Waals surface area contributed by atoms with Crippen molar-refractivity contribution in [2.75, 3.05) is 30.4 Å². The van der Waals surface area contributed by atoms with Gasteiger partial charge in [-0.3, -0.25) is 0 Å². The standard InChI is InChI=1S/C12H17N5/c1-8-7-9-10(13-2)15-12(16-11(9)14-8)17-5-3-4-6-17/h7H,3-6H2,1-2H3,(H2,13,14,15,16). The molecule has 0 spiro atoms. The van der Waals surface area contributed by atoms with Gasteiger partial charge in [-0.1, -0.05) is 0 Å².